The molecule has 0 bridgehead atoms. The number of sulfonamides is 1. The van der Waals surface area contributed by atoms with Crippen molar-refractivity contribution in [2.75, 3.05) is 17.1 Å². The molecule has 20 heavy (non-hydrogen) atoms. The molecule has 0 unspecified atom stereocenters. The van der Waals surface area contributed by atoms with Crippen LogP contribution in [0.2, 0.25) is 5.02 Å². The van der Waals surface area contributed by atoms with Crippen molar-refractivity contribution in [3.63, 3.8) is 0 Å². The van der Waals surface area contributed by atoms with Crippen LogP contribution >= 0.6 is 27.5 Å². The first-order valence-corrected chi connectivity index (χ1v) is 8.06. The Balaban J connectivity index is 2.33. The van der Waals surface area contributed by atoms with Crippen molar-refractivity contribution in [3.05, 3.63) is 40.1 Å². The zero-order valence-electron chi connectivity index (χ0n) is 10.3. The molecule has 1 aromatic carbocycles. The Kier molecular flexibility index (Phi) is 4.46. The van der Waals surface area contributed by atoms with E-state index in [0.717, 1.165) is 0 Å². The van der Waals surface area contributed by atoms with E-state index in [9.17, 15) is 8.42 Å². The number of nitrogens with zero attached hydrogens (tertiary/aromatic N) is 2. The lowest BCUT2D eigenvalue weighted by Crippen LogP contribution is -2.14. The summed E-state index contributed by atoms with van der Waals surface area (Å²) in [6.07, 6.45) is 2.44. The van der Waals surface area contributed by atoms with Crippen LogP contribution in [-0.2, 0) is 10.0 Å². The van der Waals surface area contributed by atoms with E-state index >= 15 is 0 Å². The van der Waals surface area contributed by atoms with Gasteiger partial charge in [0.25, 0.3) is 10.0 Å². The van der Waals surface area contributed by atoms with Gasteiger partial charge in [-0.1, -0.05) is 17.7 Å². The van der Waals surface area contributed by atoms with Gasteiger partial charge in [-0.15, -0.1) is 0 Å². The minimum atomic E-state index is -3.77. The third kappa shape index (κ3) is 3.20. The smallest absolute Gasteiger partial charge is 0.265 e. The van der Waals surface area contributed by atoms with E-state index in [1.807, 2.05) is 0 Å². The highest BCUT2D eigenvalue weighted by molar-refractivity contribution is 9.10. The van der Waals surface area contributed by atoms with Gasteiger partial charge in [-0.2, -0.15) is 0 Å². The lowest BCUT2D eigenvalue weighted by Gasteiger charge is -2.10. The fraction of sp³-hybridized carbons (Fsp3) is 0.0909. The average Bonchev–Trinajstić information content (AvgIpc) is 2.44. The Morgan fingerprint density at radius 1 is 1.25 bits per heavy atom. The summed E-state index contributed by atoms with van der Waals surface area (Å²) in [4.78, 5) is 7.69. The van der Waals surface area contributed by atoms with Gasteiger partial charge < -0.3 is 5.32 Å². The number of nitrogens with one attached hydrogen (secondary N) is 2. The maximum Gasteiger partial charge on any atom is 0.265 e. The summed E-state index contributed by atoms with van der Waals surface area (Å²) in [5.74, 6) is 0.341. The number of halogens is 2. The van der Waals surface area contributed by atoms with E-state index in [0.29, 0.717) is 21.1 Å². The summed E-state index contributed by atoms with van der Waals surface area (Å²) < 4.78 is 27.3. The fourth-order valence-corrected chi connectivity index (χ4v) is 3.00. The van der Waals surface area contributed by atoms with E-state index in [1.54, 1.807) is 25.2 Å². The highest BCUT2D eigenvalue weighted by Crippen LogP contribution is 2.31. The second kappa shape index (κ2) is 5.94. The lowest BCUT2D eigenvalue weighted by atomic mass is 10.3. The first kappa shape index (κ1) is 15.0. The predicted molar refractivity (Wildman–Crippen MR) is 81.5 cm³/mol. The number of hydrogen-bond acceptors (Lipinski definition) is 5. The molecule has 2 N–H and O–H groups in total. The van der Waals surface area contributed by atoms with Crippen LogP contribution in [0.4, 0.5) is 11.6 Å². The molecular weight excluding hydrogens is 368 g/mol. The van der Waals surface area contributed by atoms with Gasteiger partial charge in [-0.25, -0.2) is 18.4 Å². The topological polar surface area (TPSA) is 84.0 Å². The van der Waals surface area contributed by atoms with E-state index in [4.69, 9.17) is 11.6 Å². The van der Waals surface area contributed by atoms with E-state index in [2.05, 4.69) is 35.9 Å². The molecule has 0 saturated carbocycles. The van der Waals surface area contributed by atoms with Gasteiger partial charge in [0.2, 0.25) is 5.95 Å². The summed E-state index contributed by atoms with van der Waals surface area (Å²) >= 11 is 9.14. The van der Waals surface area contributed by atoms with Gasteiger partial charge >= 0.3 is 0 Å². The monoisotopic (exact) mass is 376 g/mol. The van der Waals surface area contributed by atoms with Crippen molar-refractivity contribution >= 4 is 49.2 Å². The van der Waals surface area contributed by atoms with Crippen LogP contribution in [0.1, 0.15) is 0 Å². The number of hydrogen-bond donors (Lipinski definition) is 2. The van der Waals surface area contributed by atoms with Gasteiger partial charge in [0, 0.05) is 7.05 Å². The summed E-state index contributed by atoms with van der Waals surface area (Å²) in [7, 11) is -2.13. The minimum absolute atomic E-state index is 0.0385. The van der Waals surface area contributed by atoms with Crippen LogP contribution in [0.5, 0.6) is 0 Å². The van der Waals surface area contributed by atoms with Crippen LogP contribution in [0.15, 0.2) is 40.0 Å². The SMILES string of the molecule is CNc1ncc(S(=O)(=O)Nc2cccc(Cl)c2Br)cn1. The Morgan fingerprint density at radius 3 is 2.50 bits per heavy atom. The Bertz CT molecular complexity index is 722. The van der Waals surface area contributed by atoms with Crippen LogP contribution in [0, 0.1) is 0 Å². The number of aromatic nitrogens is 2. The molecule has 0 fully saturated rings. The molecule has 6 nitrogen and oxygen atoms in total. The van der Waals surface area contributed by atoms with Crippen LogP contribution in [0.3, 0.4) is 0 Å². The molecule has 9 heteroatoms. The average molecular weight is 378 g/mol. The Morgan fingerprint density at radius 2 is 1.90 bits per heavy atom. The van der Waals surface area contributed by atoms with Crippen molar-refractivity contribution in [2.24, 2.45) is 0 Å². The zero-order chi connectivity index (χ0) is 14.8. The normalized spacial score (nSPS) is 11.2. The molecule has 1 heterocycles. The molecule has 0 aliphatic carbocycles. The van der Waals surface area contributed by atoms with Crippen molar-refractivity contribution in [1.29, 1.82) is 0 Å². The quantitative estimate of drug-likeness (QED) is 0.856. The standard InChI is InChI=1S/C11H10BrClN4O2S/c1-14-11-15-5-7(6-16-11)20(18,19)17-9-4-2-3-8(13)10(9)12/h2-6,17H,1H3,(H,14,15,16). The molecule has 0 saturated heterocycles. The van der Waals surface area contributed by atoms with Crippen LogP contribution < -0.4 is 10.0 Å². The minimum Gasteiger partial charge on any atom is -0.357 e. The predicted octanol–water partition coefficient (Wildman–Crippen LogP) is 2.74. The second-order valence-electron chi connectivity index (χ2n) is 3.70. The van der Waals surface area contributed by atoms with Crippen molar-refractivity contribution in [3.8, 4) is 0 Å². The summed E-state index contributed by atoms with van der Waals surface area (Å²) in [6, 6.07) is 4.89. The summed E-state index contributed by atoms with van der Waals surface area (Å²) in [5.41, 5.74) is 0.343. The van der Waals surface area contributed by atoms with E-state index in [1.165, 1.54) is 12.4 Å². The highest BCUT2D eigenvalue weighted by atomic mass is 79.9. The fourth-order valence-electron chi connectivity index (χ4n) is 1.37. The maximum atomic E-state index is 12.2. The number of rotatable bonds is 4. The molecule has 0 aliphatic rings. The second-order valence-corrected chi connectivity index (χ2v) is 6.58. The Hall–Kier alpha value is -1.38. The van der Waals surface area contributed by atoms with Crippen molar-refractivity contribution in [1.82, 2.24) is 9.97 Å². The molecule has 0 aliphatic heterocycles. The maximum absolute atomic E-state index is 12.2. The van der Waals surface area contributed by atoms with Gasteiger partial charge in [0.15, 0.2) is 0 Å². The zero-order valence-corrected chi connectivity index (χ0v) is 13.4. The van der Waals surface area contributed by atoms with E-state index in [-0.39, 0.29) is 4.90 Å². The van der Waals surface area contributed by atoms with Gasteiger partial charge in [-0.05, 0) is 28.1 Å². The molecule has 2 rings (SSSR count). The lowest BCUT2D eigenvalue weighted by molar-refractivity contribution is 0.600. The van der Waals surface area contributed by atoms with Gasteiger partial charge in [-0.3, -0.25) is 4.72 Å². The molecule has 0 radical (unpaired) electrons. The molecule has 0 atom stereocenters. The molecule has 1 aromatic heterocycles. The summed E-state index contributed by atoms with van der Waals surface area (Å²) in [6.45, 7) is 0. The number of benzene rings is 1. The summed E-state index contributed by atoms with van der Waals surface area (Å²) in [5, 5.41) is 3.12. The first-order valence-electron chi connectivity index (χ1n) is 5.40. The third-order valence-electron chi connectivity index (χ3n) is 2.36. The van der Waals surface area contributed by atoms with Gasteiger partial charge in [0.1, 0.15) is 4.90 Å². The molecule has 0 amide bonds. The largest absolute Gasteiger partial charge is 0.357 e. The van der Waals surface area contributed by atoms with Crippen LogP contribution in [-0.4, -0.2) is 25.4 Å². The van der Waals surface area contributed by atoms with Crippen LogP contribution in [0.25, 0.3) is 0 Å². The molecule has 2 aromatic rings. The third-order valence-corrected chi connectivity index (χ3v) is 5.08. The van der Waals surface area contributed by atoms with Gasteiger partial charge in [0.05, 0.1) is 27.6 Å². The highest BCUT2D eigenvalue weighted by Gasteiger charge is 2.17. The number of anilines is 2. The molecule has 0 spiro atoms. The van der Waals surface area contributed by atoms with E-state index < -0.39 is 10.0 Å². The van der Waals surface area contributed by atoms with Crippen molar-refractivity contribution in [2.45, 2.75) is 4.90 Å². The van der Waals surface area contributed by atoms with Crippen molar-refractivity contribution < 1.29 is 8.42 Å². The molecule has 106 valence electrons. The first-order chi connectivity index (χ1) is 9.44. The molecular formula is C11H10BrClN4O2S. The Labute approximate surface area is 129 Å².